The Morgan fingerprint density at radius 3 is 2.17 bits per heavy atom. The van der Waals surface area contributed by atoms with Crippen LogP contribution in [0.4, 0.5) is 0 Å². The number of aryl methyl sites for hydroxylation is 5. The third-order valence-corrected chi connectivity index (χ3v) is 4.16. The van der Waals surface area contributed by atoms with Crippen molar-refractivity contribution < 1.29 is 0 Å². The Morgan fingerprint density at radius 2 is 1.39 bits per heavy atom. The van der Waals surface area contributed by atoms with Gasteiger partial charge in [0.05, 0.1) is 0 Å². The Morgan fingerprint density at radius 1 is 0.722 bits per heavy atom. The van der Waals surface area contributed by atoms with Gasteiger partial charge in [0.15, 0.2) is 0 Å². The highest BCUT2D eigenvalue weighted by Gasteiger charge is 2.15. The van der Waals surface area contributed by atoms with Crippen molar-refractivity contribution in [3.05, 3.63) is 58.1 Å². The maximum absolute atomic E-state index is 2.39. The van der Waals surface area contributed by atoms with Crippen LogP contribution in [-0.2, 0) is 12.8 Å². The second-order valence-corrected chi connectivity index (χ2v) is 5.61. The lowest BCUT2D eigenvalue weighted by Gasteiger charge is -2.13. The van der Waals surface area contributed by atoms with E-state index in [4.69, 9.17) is 0 Å². The molecule has 0 N–H and O–H groups in total. The van der Waals surface area contributed by atoms with Crippen molar-refractivity contribution in [2.75, 3.05) is 0 Å². The summed E-state index contributed by atoms with van der Waals surface area (Å²) in [5.74, 6) is 0. The Hall–Kier alpha value is -1.56. The van der Waals surface area contributed by atoms with Gasteiger partial charge in [-0.1, -0.05) is 35.9 Å². The first kappa shape index (κ1) is 11.5. The van der Waals surface area contributed by atoms with E-state index in [1.54, 1.807) is 0 Å². The first-order chi connectivity index (χ1) is 8.65. The fourth-order valence-corrected chi connectivity index (χ4v) is 2.99. The number of rotatable bonds is 0. The number of hydrogen-bond donors (Lipinski definition) is 0. The van der Waals surface area contributed by atoms with Gasteiger partial charge < -0.3 is 0 Å². The van der Waals surface area contributed by atoms with Crippen molar-refractivity contribution in [1.82, 2.24) is 0 Å². The van der Waals surface area contributed by atoms with Crippen LogP contribution in [0.2, 0.25) is 0 Å². The van der Waals surface area contributed by atoms with Crippen LogP contribution in [0.5, 0.6) is 0 Å². The topological polar surface area (TPSA) is 0 Å². The molecule has 1 aliphatic rings. The third kappa shape index (κ3) is 1.86. The van der Waals surface area contributed by atoms with E-state index >= 15 is 0 Å². The molecule has 0 nitrogen and oxygen atoms in total. The van der Waals surface area contributed by atoms with E-state index in [1.165, 1.54) is 58.2 Å². The molecule has 0 aliphatic heterocycles. The predicted octanol–water partition coefficient (Wildman–Crippen LogP) is 4.77. The monoisotopic (exact) mass is 236 g/mol. The van der Waals surface area contributed by atoms with Crippen LogP contribution in [0.25, 0.3) is 11.1 Å². The van der Waals surface area contributed by atoms with E-state index in [1.807, 2.05) is 0 Å². The van der Waals surface area contributed by atoms with Crippen LogP contribution in [0.15, 0.2) is 30.3 Å². The van der Waals surface area contributed by atoms with Crippen LogP contribution in [0.3, 0.4) is 0 Å². The molecule has 0 spiro atoms. The van der Waals surface area contributed by atoms with Gasteiger partial charge in [-0.3, -0.25) is 0 Å². The van der Waals surface area contributed by atoms with E-state index in [-0.39, 0.29) is 0 Å². The number of benzene rings is 2. The Kier molecular flexibility index (Phi) is 2.74. The molecule has 0 saturated heterocycles. The van der Waals surface area contributed by atoms with Crippen molar-refractivity contribution in [3.63, 3.8) is 0 Å². The molecule has 0 amide bonds. The van der Waals surface area contributed by atoms with E-state index < -0.39 is 0 Å². The molecule has 2 aromatic carbocycles. The van der Waals surface area contributed by atoms with Crippen LogP contribution < -0.4 is 0 Å². The van der Waals surface area contributed by atoms with Gasteiger partial charge in [-0.05, 0) is 73.4 Å². The van der Waals surface area contributed by atoms with Gasteiger partial charge in [-0.15, -0.1) is 0 Å². The summed E-state index contributed by atoms with van der Waals surface area (Å²) in [6.07, 6.45) is 3.69. The maximum atomic E-state index is 2.39. The Balaban J connectivity index is 2.27. The average Bonchev–Trinajstić information content (AvgIpc) is 2.49. The molecule has 0 radical (unpaired) electrons. The molecule has 0 saturated carbocycles. The molecule has 0 aromatic heterocycles. The SMILES string of the molecule is Cc1ccc2c(c1)CCCc1cc(C)c(C)cc1-2. The smallest absolute Gasteiger partial charge is 0.0146 e. The molecule has 0 bridgehead atoms. The Labute approximate surface area is 110 Å². The third-order valence-electron chi connectivity index (χ3n) is 4.16. The molecule has 2 aromatic rings. The second kappa shape index (κ2) is 4.28. The van der Waals surface area contributed by atoms with Crippen molar-refractivity contribution >= 4 is 0 Å². The molecular weight excluding hydrogens is 216 g/mol. The van der Waals surface area contributed by atoms with Gasteiger partial charge in [-0.2, -0.15) is 0 Å². The lowest BCUT2D eigenvalue weighted by molar-refractivity contribution is 0.833. The lowest BCUT2D eigenvalue weighted by atomic mass is 9.92. The summed E-state index contributed by atoms with van der Waals surface area (Å²) in [5.41, 5.74) is 10.2. The summed E-state index contributed by atoms with van der Waals surface area (Å²) in [7, 11) is 0. The highest BCUT2D eigenvalue weighted by Crippen LogP contribution is 2.34. The maximum Gasteiger partial charge on any atom is -0.0146 e. The molecule has 0 heterocycles. The van der Waals surface area contributed by atoms with E-state index in [9.17, 15) is 0 Å². The zero-order chi connectivity index (χ0) is 12.7. The number of fused-ring (bicyclic) bond motifs is 3. The largest absolute Gasteiger partial charge is 0.0587 e. The van der Waals surface area contributed by atoms with E-state index in [0.717, 1.165) is 0 Å². The highest BCUT2D eigenvalue weighted by atomic mass is 14.2. The van der Waals surface area contributed by atoms with E-state index in [0.29, 0.717) is 0 Å². The fraction of sp³-hybridized carbons (Fsp3) is 0.333. The summed E-state index contributed by atoms with van der Waals surface area (Å²) in [5, 5.41) is 0. The van der Waals surface area contributed by atoms with Crippen molar-refractivity contribution in [2.24, 2.45) is 0 Å². The van der Waals surface area contributed by atoms with Crippen LogP contribution in [0, 0.1) is 20.8 Å². The first-order valence-corrected chi connectivity index (χ1v) is 6.85. The summed E-state index contributed by atoms with van der Waals surface area (Å²) >= 11 is 0. The van der Waals surface area contributed by atoms with Crippen LogP contribution in [0.1, 0.15) is 34.2 Å². The lowest BCUT2D eigenvalue weighted by Crippen LogP contribution is -1.92. The summed E-state index contributed by atoms with van der Waals surface area (Å²) in [4.78, 5) is 0. The normalized spacial score (nSPS) is 13.7. The molecule has 0 unspecified atom stereocenters. The fourth-order valence-electron chi connectivity index (χ4n) is 2.99. The minimum Gasteiger partial charge on any atom is -0.0587 e. The Bertz CT molecular complexity index is 606. The van der Waals surface area contributed by atoms with Crippen LogP contribution >= 0.6 is 0 Å². The van der Waals surface area contributed by atoms with Gasteiger partial charge in [0.25, 0.3) is 0 Å². The summed E-state index contributed by atoms with van der Waals surface area (Å²) in [6, 6.07) is 11.7. The summed E-state index contributed by atoms with van der Waals surface area (Å²) < 4.78 is 0. The molecule has 1 aliphatic carbocycles. The molecule has 0 atom stereocenters. The van der Waals surface area contributed by atoms with Gasteiger partial charge >= 0.3 is 0 Å². The average molecular weight is 236 g/mol. The van der Waals surface area contributed by atoms with Gasteiger partial charge in [0.1, 0.15) is 0 Å². The first-order valence-electron chi connectivity index (χ1n) is 6.85. The second-order valence-electron chi connectivity index (χ2n) is 5.61. The molecule has 0 fully saturated rings. The quantitative estimate of drug-likeness (QED) is 0.618. The summed E-state index contributed by atoms with van der Waals surface area (Å²) in [6.45, 7) is 6.62. The minimum absolute atomic E-state index is 1.21. The van der Waals surface area contributed by atoms with Gasteiger partial charge in [-0.25, -0.2) is 0 Å². The highest BCUT2D eigenvalue weighted by molar-refractivity contribution is 5.73. The van der Waals surface area contributed by atoms with Gasteiger partial charge in [0.2, 0.25) is 0 Å². The zero-order valence-corrected chi connectivity index (χ0v) is 11.5. The molecule has 92 valence electrons. The van der Waals surface area contributed by atoms with Crippen molar-refractivity contribution in [1.29, 1.82) is 0 Å². The minimum atomic E-state index is 1.21. The molecule has 3 rings (SSSR count). The molecule has 0 heteroatoms. The van der Waals surface area contributed by atoms with Crippen LogP contribution in [-0.4, -0.2) is 0 Å². The molecular formula is C18H20. The van der Waals surface area contributed by atoms with Gasteiger partial charge in [0, 0.05) is 0 Å². The molecule has 18 heavy (non-hydrogen) atoms. The standard InChI is InChI=1S/C18H20/c1-12-7-8-17-15(9-12)5-4-6-16-10-13(2)14(3)11-18(16)17/h7-11H,4-6H2,1-3H3. The number of hydrogen-bond acceptors (Lipinski definition) is 0. The zero-order valence-electron chi connectivity index (χ0n) is 11.5. The van der Waals surface area contributed by atoms with E-state index in [2.05, 4.69) is 51.1 Å². The predicted molar refractivity (Wildman–Crippen MR) is 78.1 cm³/mol. The van der Waals surface area contributed by atoms with Crippen molar-refractivity contribution in [2.45, 2.75) is 40.0 Å². The van der Waals surface area contributed by atoms with Crippen molar-refractivity contribution in [3.8, 4) is 11.1 Å².